The molecule has 16 heavy (non-hydrogen) atoms. The van der Waals surface area contributed by atoms with Gasteiger partial charge < -0.3 is 11.1 Å². The number of nitrogens with one attached hydrogen (secondary N) is 1. The summed E-state index contributed by atoms with van der Waals surface area (Å²) in [7, 11) is 0. The fourth-order valence-corrected chi connectivity index (χ4v) is 1.24. The van der Waals surface area contributed by atoms with E-state index < -0.39 is 12.0 Å². The number of anilines is 1. The molecule has 0 fully saturated rings. The third kappa shape index (κ3) is 2.76. The van der Waals surface area contributed by atoms with Gasteiger partial charge in [0.05, 0.1) is 5.54 Å². The van der Waals surface area contributed by atoms with Crippen molar-refractivity contribution in [3.8, 4) is 0 Å². The monoisotopic (exact) mass is 228 g/mol. The Labute approximate surface area is 92.6 Å². The molecule has 0 bridgehead atoms. The molecule has 1 aromatic rings. The lowest BCUT2D eigenvalue weighted by molar-refractivity contribution is -0.114. The largest absolute Gasteiger partial charge is 0.326 e. The fourth-order valence-electron chi connectivity index (χ4n) is 1.24. The predicted octanol–water partition coefficient (Wildman–Crippen LogP) is 2.08. The van der Waals surface area contributed by atoms with Crippen molar-refractivity contribution in [3.05, 3.63) is 29.8 Å². The number of hydrogen-bond donors (Lipinski definition) is 2. The van der Waals surface area contributed by atoms with Crippen LogP contribution in [-0.4, -0.2) is 12.3 Å². The van der Waals surface area contributed by atoms with Gasteiger partial charge in [0.25, 0.3) is 6.43 Å². The summed E-state index contributed by atoms with van der Waals surface area (Å²) in [5, 5.41) is 2.55. The van der Waals surface area contributed by atoms with E-state index in [-0.39, 0.29) is 5.91 Å². The topological polar surface area (TPSA) is 55.1 Å². The number of halogens is 2. The lowest BCUT2D eigenvalue weighted by atomic mass is 9.93. The summed E-state index contributed by atoms with van der Waals surface area (Å²) in [4.78, 5) is 10.7. The van der Waals surface area contributed by atoms with Gasteiger partial charge in [0, 0.05) is 12.6 Å². The molecule has 1 unspecified atom stereocenters. The van der Waals surface area contributed by atoms with Gasteiger partial charge in [-0.25, -0.2) is 8.78 Å². The summed E-state index contributed by atoms with van der Waals surface area (Å²) in [6.07, 6.45) is -2.64. The van der Waals surface area contributed by atoms with E-state index in [4.69, 9.17) is 5.73 Å². The number of hydrogen-bond acceptors (Lipinski definition) is 2. The maximum atomic E-state index is 12.6. The summed E-state index contributed by atoms with van der Waals surface area (Å²) >= 11 is 0. The van der Waals surface area contributed by atoms with Crippen LogP contribution in [0.25, 0.3) is 0 Å². The van der Waals surface area contributed by atoms with Crippen LogP contribution in [-0.2, 0) is 10.3 Å². The van der Waals surface area contributed by atoms with Crippen molar-refractivity contribution >= 4 is 11.6 Å². The van der Waals surface area contributed by atoms with Gasteiger partial charge in [-0.05, 0) is 24.6 Å². The minimum Gasteiger partial charge on any atom is -0.326 e. The first-order valence-corrected chi connectivity index (χ1v) is 4.79. The molecule has 0 heterocycles. The first kappa shape index (κ1) is 12.6. The maximum absolute atomic E-state index is 12.6. The Morgan fingerprint density at radius 3 is 2.25 bits per heavy atom. The maximum Gasteiger partial charge on any atom is 0.260 e. The molecule has 1 aromatic carbocycles. The van der Waals surface area contributed by atoms with Gasteiger partial charge in [0.15, 0.2) is 0 Å². The van der Waals surface area contributed by atoms with Crippen LogP contribution in [0.3, 0.4) is 0 Å². The Bertz CT molecular complexity index is 374. The molecule has 0 aliphatic carbocycles. The summed E-state index contributed by atoms with van der Waals surface area (Å²) in [6, 6.07) is 6.06. The zero-order valence-corrected chi connectivity index (χ0v) is 9.13. The van der Waals surface area contributed by atoms with E-state index >= 15 is 0 Å². The molecule has 0 saturated heterocycles. The molecule has 3 N–H and O–H groups in total. The highest BCUT2D eigenvalue weighted by atomic mass is 19.3. The van der Waals surface area contributed by atoms with Crippen LogP contribution in [0.2, 0.25) is 0 Å². The van der Waals surface area contributed by atoms with Gasteiger partial charge in [0.2, 0.25) is 5.91 Å². The van der Waals surface area contributed by atoms with Gasteiger partial charge in [-0.15, -0.1) is 0 Å². The molecule has 3 nitrogen and oxygen atoms in total. The van der Waals surface area contributed by atoms with Crippen LogP contribution in [0.5, 0.6) is 0 Å². The molecule has 1 rings (SSSR count). The number of alkyl halides is 2. The zero-order chi connectivity index (χ0) is 12.3. The average Bonchev–Trinajstić information content (AvgIpc) is 2.17. The lowest BCUT2D eigenvalue weighted by Crippen LogP contribution is -2.40. The van der Waals surface area contributed by atoms with Gasteiger partial charge >= 0.3 is 0 Å². The van der Waals surface area contributed by atoms with Crippen molar-refractivity contribution in [3.63, 3.8) is 0 Å². The van der Waals surface area contributed by atoms with Crippen LogP contribution in [0.15, 0.2) is 24.3 Å². The summed E-state index contributed by atoms with van der Waals surface area (Å²) in [5.41, 5.74) is 4.71. The van der Waals surface area contributed by atoms with E-state index in [9.17, 15) is 13.6 Å². The molecular weight excluding hydrogens is 214 g/mol. The average molecular weight is 228 g/mol. The van der Waals surface area contributed by atoms with Crippen LogP contribution in [0.1, 0.15) is 19.4 Å². The van der Waals surface area contributed by atoms with Crippen LogP contribution in [0, 0.1) is 0 Å². The number of carbonyl (C=O) groups excluding carboxylic acids is 1. The first-order chi connectivity index (χ1) is 7.34. The molecular formula is C11H14F2N2O. The highest BCUT2D eigenvalue weighted by molar-refractivity contribution is 5.88. The molecule has 0 aliphatic heterocycles. The van der Waals surface area contributed by atoms with E-state index in [0.717, 1.165) is 0 Å². The Balaban J connectivity index is 2.90. The minimum atomic E-state index is -2.64. The highest BCUT2D eigenvalue weighted by Gasteiger charge is 2.32. The Kier molecular flexibility index (Phi) is 3.59. The molecule has 5 heteroatoms. The molecule has 0 aliphatic rings. The minimum absolute atomic E-state index is 0.211. The van der Waals surface area contributed by atoms with Crippen molar-refractivity contribution in [2.45, 2.75) is 25.8 Å². The van der Waals surface area contributed by atoms with Gasteiger partial charge in [-0.2, -0.15) is 0 Å². The Morgan fingerprint density at radius 2 is 1.88 bits per heavy atom. The predicted molar refractivity (Wildman–Crippen MR) is 58.3 cm³/mol. The van der Waals surface area contributed by atoms with Crippen molar-refractivity contribution in [2.75, 3.05) is 5.32 Å². The Hall–Kier alpha value is -1.49. The van der Waals surface area contributed by atoms with Crippen molar-refractivity contribution in [1.82, 2.24) is 0 Å². The summed E-state index contributed by atoms with van der Waals surface area (Å²) in [5.74, 6) is -0.211. The lowest BCUT2D eigenvalue weighted by Gasteiger charge is -2.24. The smallest absolute Gasteiger partial charge is 0.260 e. The van der Waals surface area contributed by atoms with E-state index in [1.54, 1.807) is 12.1 Å². The number of benzene rings is 1. The SMILES string of the molecule is CC(=O)Nc1ccc(C(C)(N)C(F)F)cc1. The second-order valence-corrected chi connectivity index (χ2v) is 3.84. The molecule has 0 spiro atoms. The van der Waals surface area contributed by atoms with E-state index in [2.05, 4.69) is 5.32 Å². The Morgan fingerprint density at radius 1 is 1.38 bits per heavy atom. The first-order valence-electron chi connectivity index (χ1n) is 4.79. The summed E-state index contributed by atoms with van der Waals surface area (Å²) in [6.45, 7) is 2.64. The number of amides is 1. The van der Waals surface area contributed by atoms with E-state index in [1.807, 2.05) is 0 Å². The van der Waals surface area contributed by atoms with Crippen LogP contribution < -0.4 is 11.1 Å². The van der Waals surface area contributed by atoms with Crippen LogP contribution in [0.4, 0.5) is 14.5 Å². The van der Waals surface area contributed by atoms with Gasteiger partial charge in [-0.1, -0.05) is 12.1 Å². The molecule has 1 atom stereocenters. The van der Waals surface area contributed by atoms with Gasteiger partial charge in [0.1, 0.15) is 0 Å². The summed E-state index contributed by atoms with van der Waals surface area (Å²) < 4.78 is 25.2. The second kappa shape index (κ2) is 4.57. The second-order valence-electron chi connectivity index (χ2n) is 3.84. The number of nitrogens with two attached hydrogens (primary N) is 1. The van der Waals surface area contributed by atoms with Crippen molar-refractivity contribution < 1.29 is 13.6 Å². The van der Waals surface area contributed by atoms with Crippen molar-refractivity contribution in [2.24, 2.45) is 5.73 Å². The highest BCUT2D eigenvalue weighted by Crippen LogP contribution is 2.26. The molecule has 88 valence electrons. The standard InChI is InChI=1S/C11H14F2N2O/c1-7(16)15-9-5-3-8(4-6-9)11(2,14)10(12)13/h3-6,10H,14H2,1-2H3,(H,15,16). The number of rotatable bonds is 3. The quantitative estimate of drug-likeness (QED) is 0.832. The molecule has 1 amide bonds. The van der Waals surface area contributed by atoms with Crippen molar-refractivity contribution in [1.29, 1.82) is 0 Å². The third-order valence-electron chi connectivity index (χ3n) is 2.28. The zero-order valence-electron chi connectivity index (χ0n) is 9.13. The normalized spacial score (nSPS) is 14.6. The third-order valence-corrected chi connectivity index (χ3v) is 2.28. The molecule has 0 radical (unpaired) electrons. The number of carbonyl (C=O) groups is 1. The molecule has 0 saturated carbocycles. The fraction of sp³-hybridized carbons (Fsp3) is 0.364. The van der Waals surface area contributed by atoms with E-state index in [0.29, 0.717) is 11.3 Å². The van der Waals surface area contributed by atoms with Gasteiger partial charge in [-0.3, -0.25) is 4.79 Å². The molecule has 0 aromatic heterocycles. The van der Waals surface area contributed by atoms with E-state index in [1.165, 1.54) is 26.0 Å². The van der Waals surface area contributed by atoms with Crippen LogP contribution >= 0.6 is 0 Å².